The molecule has 0 aliphatic heterocycles. The molecule has 0 aromatic carbocycles. The number of aliphatic hydroxyl groups excluding tert-OH is 1. The third-order valence-electron chi connectivity index (χ3n) is 4.22. The number of nitrogens with zero attached hydrogens (tertiary/aromatic N) is 2. The Bertz CT molecular complexity index is 408. The SMILES string of the molecule is CN(CCCC(C)(CO)NC1CC1)CCc1ccccn1. The summed E-state index contributed by atoms with van der Waals surface area (Å²) in [4.78, 5) is 6.70. The van der Waals surface area contributed by atoms with Crippen LogP contribution in [0.3, 0.4) is 0 Å². The largest absolute Gasteiger partial charge is 0.394 e. The third-order valence-corrected chi connectivity index (χ3v) is 4.22. The molecular weight excluding hydrogens is 262 g/mol. The molecule has 4 heteroatoms. The number of aromatic nitrogens is 1. The first-order valence-corrected chi connectivity index (χ1v) is 8.08. The monoisotopic (exact) mass is 291 g/mol. The molecule has 0 saturated heterocycles. The molecule has 21 heavy (non-hydrogen) atoms. The Kier molecular flexibility index (Phi) is 6.15. The van der Waals surface area contributed by atoms with Crippen molar-refractivity contribution in [2.45, 2.75) is 50.6 Å². The van der Waals surface area contributed by atoms with E-state index in [1.165, 1.54) is 12.8 Å². The molecule has 118 valence electrons. The number of hydrogen-bond acceptors (Lipinski definition) is 4. The number of aliphatic hydroxyl groups is 1. The molecule has 2 rings (SSSR count). The quantitative estimate of drug-likeness (QED) is 0.690. The van der Waals surface area contributed by atoms with Gasteiger partial charge in [0.15, 0.2) is 0 Å². The smallest absolute Gasteiger partial charge is 0.0610 e. The highest BCUT2D eigenvalue weighted by Gasteiger charge is 2.31. The Morgan fingerprint density at radius 2 is 2.19 bits per heavy atom. The first-order chi connectivity index (χ1) is 10.1. The van der Waals surface area contributed by atoms with Crippen LogP contribution < -0.4 is 5.32 Å². The number of hydrogen-bond donors (Lipinski definition) is 2. The van der Waals surface area contributed by atoms with Crippen molar-refractivity contribution < 1.29 is 5.11 Å². The minimum Gasteiger partial charge on any atom is -0.394 e. The van der Waals surface area contributed by atoms with E-state index < -0.39 is 0 Å². The van der Waals surface area contributed by atoms with E-state index in [0.29, 0.717) is 6.04 Å². The average Bonchev–Trinajstić information content (AvgIpc) is 3.30. The number of pyridine rings is 1. The van der Waals surface area contributed by atoms with Crippen LogP contribution in [0.2, 0.25) is 0 Å². The summed E-state index contributed by atoms with van der Waals surface area (Å²) < 4.78 is 0. The average molecular weight is 291 g/mol. The van der Waals surface area contributed by atoms with E-state index >= 15 is 0 Å². The van der Waals surface area contributed by atoms with Crippen molar-refractivity contribution in [3.8, 4) is 0 Å². The van der Waals surface area contributed by atoms with Gasteiger partial charge >= 0.3 is 0 Å². The fourth-order valence-electron chi connectivity index (χ4n) is 2.62. The normalized spacial score (nSPS) is 17.9. The van der Waals surface area contributed by atoms with Crippen LogP contribution in [0.1, 0.15) is 38.3 Å². The highest BCUT2D eigenvalue weighted by molar-refractivity contribution is 5.03. The minimum atomic E-state index is -0.108. The highest BCUT2D eigenvalue weighted by Crippen LogP contribution is 2.24. The van der Waals surface area contributed by atoms with E-state index in [-0.39, 0.29) is 12.1 Å². The lowest BCUT2D eigenvalue weighted by molar-refractivity contribution is 0.157. The van der Waals surface area contributed by atoms with E-state index in [1.54, 1.807) is 0 Å². The van der Waals surface area contributed by atoms with Crippen LogP contribution >= 0.6 is 0 Å². The van der Waals surface area contributed by atoms with Gasteiger partial charge in [-0.25, -0.2) is 0 Å². The number of nitrogens with one attached hydrogen (secondary N) is 1. The van der Waals surface area contributed by atoms with Crippen LogP contribution in [-0.4, -0.2) is 53.3 Å². The van der Waals surface area contributed by atoms with Crippen molar-refractivity contribution in [1.82, 2.24) is 15.2 Å². The molecule has 1 aliphatic rings. The standard InChI is InChI=1S/C17H29N3O/c1-17(14-21,19-16-7-8-16)10-5-12-20(2)13-9-15-6-3-4-11-18-15/h3-4,6,11,16,19,21H,5,7-10,12-14H2,1-2H3. The van der Waals surface area contributed by atoms with Crippen molar-refractivity contribution in [3.05, 3.63) is 30.1 Å². The highest BCUT2D eigenvalue weighted by atomic mass is 16.3. The Labute approximate surface area is 128 Å². The summed E-state index contributed by atoms with van der Waals surface area (Å²) in [6.45, 7) is 4.46. The topological polar surface area (TPSA) is 48.4 Å². The fourth-order valence-corrected chi connectivity index (χ4v) is 2.62. The minimum absolute atomic E-state index is 0.108. The Morgan fingerprint density at radius 1 is 1.38 bits per heavy atom. The van der Waals surface area contributed by atoms with Gasteiger partial charge in [0, 0.05) is 36.4 Å². The maximum absolute atomic E-state index is 9.59. The molecule has 0 radical (unpaired) electrons. The summed E-state index contributed by atoms with van der Waals surface area (Å²) in [6.07, 6.45) is 7.50. The summed E-state index contributed by atoms with van der Waals surface area (Å²) >= 11 is 0. The number of likely N-dealkylation sites (N-methyl/N-ethyl adjacent to an activating group) is 1. The summed E-state index contributed by atoms with van der Waals surface area (Å²) in [5.74, 6) is 0. The van der Waals surface area contributed by atoms with Crippen LogP contribution in [-0.2, 0) is 6.42 Å². The molecule has 0 spiro atoms. The molecule has 0 bridgehead atoms. The van der Waals surface area contributed by atoms with Crippen molar-refractivity contribution in [3.63, 3.8) is 0 Å². The van der Waals surface area contributed by atoms with Crippen LogP contribution in [0.5, 0.6) is 0 Å². The van der Waals surface area contributed by atoms with E-state index in [1.807, 2.05) is 18.3 Å². The van der Waals surface area contributed by atoms with Crippen molar-refractivity contribution in [2.24, 2.45) is 0 Å². The molecule has 1 heterocycles. The zero-order valence-electron chi connectivity index (χ0n) is 13.4. The molecule has 1 fully saturated rings. The maximum atomic E-state index is 9.59. The Hall–Kier alpha value is -0.970. The number of rotatable bonds is 10. The molecule has 1 saturated carbocycles. The zero-order chi connectivity index (χ0) is 15.1. The second-order valence-corrected chi connectivity index (χ2v) is 6.62. The van der Waals surface area contributed by atoms with E-state index in [9.17, 15) is 5.11 Å². The van der Waals surface area contributed by atoms with Crippen molar-refractivity contribution >= 4 is 0 Å². The van der Waals surface area contributed by atoms with Gasteiger partial charge in [-0.15, -0.1) is 0 Å². The van der Waals surface area contributed by atoms with Gasteiger partial charge in [-0.05, 0) is 58.3 Å². The lowest BCUT2D eigenvalue weighted by Crippen LogP contribution is -2.47. The van der Waals surface area contributed by atoms with Crippen molar-refractivity contribution in [1.29, 1.82) is 0 Å². The molecular formula is C17H29N3O. The van der Waals surface area contributed by atoms with Gasteiger partial charge in [0.05, 0.1) is 6.61 Å². The summed E-state index contributed by atoms with van der Waals surface area (Å²) in [6, 6.07) is 6.72. The van der Waals surface area contributed by atoms with Crippen molar-refractivity contribution in [2.75, 3.05) is 26.7 Å². The molecule has 4 nitrogen and oxygen atoms in total. The molecule has 0 amide bonds. The Balaban J connectivity index is 1.62. The van der Waals surface area contributed by atoms with E-state index in [0.717, 1.165) is 38.0 Å². The van der Waals surface area contributed by atoms with Gasteiger partial charge in [0.1, 0.15) is 0 Å². The zero-order valence-corrected chi connectivity index (χ0v) is 13.4. The predicted octanol–water partition coefficient (Wildman–Crippen LogP) is 1.84. The van der Waals surface area contributed by atoms with E-state index in [4.69, 9.17) is 0 Å². The van der Waals surface area contributed by atoms with Crippen LogP contribution in [0, 0.1) is 0 Å². The maximum Gasteiger partial charge on any atom is 0.0610 e. The lowest BCUT2D eigenvalue weighted by Gasteiger charge is -2.30. The Morgan fingerprint density at radius 3 is 2.81 bits per heavy atom. The summed E-state index contributed by atoms with van der Waals surface area (Å²) in [5, 5.41) is 13.2. The third kappa shape index (κ3) is 6.12. The summed E-state index contributed by atoms with van der Waals surface area (Å²) in [7, 11) is 2.16. The molecule has 2 N–H and O–H groups in total. The fraction of sp³-hybridized carbons (Fsp3) is 0.706. The molecule has 1 aliphatic carbocycles. The van der Waals surface area contributed by atoms with Gasteiger partial charge in [0.2, 0.25) is 0 Å². The van der Waals surface area contributed by atoms with Crippen LogP contribution in [0.4, 0.5) is 0 Å². The second-order valence-electron chi connectivity index (χ2n) is 6.62. The van der Waals surface area contributed by atoms with E-state index in [2.05, 4.69) is 35.2 Å². The first-order valence-electron chi connectivity index (χ1n) is 8.08. The summed E-state index contributed by atoms with van der Waals surface area (Å²) in [5.41, 5.74) is 1.04. The lowest BCUT2D eigenvalue weighted by atomic mass is 9.96. The molecule has 1 aromatic heterocycles. The van der Waals surface area contributed by atoms with Gasteiger partial charge in [-0.1, -0.05) is 6.07 Å². The first kappa shape index (κ1) is 16.4. The van der Waals surface area contributed by atoms with Gasteiger partial charge in [-0.3, -0.25) is 4.98 Å². The second kappa shape index (κ2) is 7.87. The van der Waals surface area contributed by atoms with Gasteiger partial charge in [-0.2, -0.15) is 0 Å². The van der Waals surface area contributed by atoms with Crippen LogP contribution in [0.15, 0.2) is 24.4 Å². The molecule has 1 aromatic rings. The van der Waals surface area contributed by atoms with Crippen LogP contribution in [0.25, 0.3) is 0 Å². The molecule has 1 unspecified atom stereocenters. The molecule has 1 atom stereocenters. The van der Waals surface area contributed by atoms with Gasteiger partial charge in [0.25, 0.3) is 0 Å². The predicted molar refractivity (Wildman–Crippen MR) is 86.3 cm³/mol. The van der Waals surface area contributed by atoms with Gasteiger partial charge < -0.3 is 15.3 Å².